The van der Waals surface area contributed by atoms with Crippen molar-refractivity contribution in [3.63, 3.8) is 0 Å². The molecule has 0 heterocycles. The number of hydrogen-bond acceptors (Lipinski definition) is 6. The van der Waals surface area contributed by atoms with Crippen molar-refractivity contribution in [2.45, 2.75) is 44.8 Å². The fourth-order valence-corrected chi connectivity index (χ4v) is 6.43. The molecule has 0 saturated carbocycles. The Morgan fingerprint density at radius 1 is 1.09 bits per heavy atom. The second kappa shape index (κ2) is 7.77. The van der Waals surface area contributed by atoms with E-state index in [-0.39, 0.29) is 28.9 Å². The first-order valence-electron chi connectivity index (χ1n) is 11.7. The second-order valence-electron chi connectivity index (χ2n) is 10.0. The minimum Gasteiger partial charge on any atom is -0.508 e. The Balaban J connectivity index is 1.78. The summed E-state index contributed by atoms with van der Waals surface area (Å²) in [4.78, 5) is 27.3. The zero-order valence-electron chi connectivity index (χ0n) is 19.9. The van der Waals surface area contributed by atoms with Gasteiger partial charge in [-0.1, -0.05) is 55.5 Å². The van der Waals surface area contributed by atoms with Gasteiger partial charge < -0.3 is 20.4 Å². The molecular formula is C29H28O6. The lowest BCUT2D eigenvalue weighted by Gasteiger charge is -2.51. The molecule has 0 aliphatic heterocycles. The third-order valence-electron chi connectivity index (χ3n) is 7.99. The summed E-state index contributed by atoms with van der Waals surface area (Å²) in [6, 6.07) is 12.6. The molecule has 4 N–H and O–H groups in total. The van der Waals surface area contributed by atoms with Gasteiger partial charge in [0, 0.05) is 23.0 Å². The number of rotatable bonds is 2. The summed E-state index contributed by atoms with van der Waals surface area (Å²) in [5.74, 6) is -4.85. The predicted molar refractivity (Wildman–Crippen MR) is 131 cm³/mol. The lowest BCUT2D eigenvalue weighted by Crippen LogP contribution is -2.61. The van der Waals surface area contributed by atoms with Crippen molar-refractivity contribution < 1.29 is 30.0 Å². The molecule has 3 aliphatic carbocycles. The zero-order valence-corrected chi connectivity index (χ0v) is 19.9. The lowest BCUT2D eigenvalue weighted by atomic mass is 9.55. The summed E-state index contributed by atoms with van der Waals surface area (Å²) in [5.41, 5.74) is 0.839. The maximum atomic E-state index is 13.8. The Kier molecular flexibility index (Phi) is 5.16. The molecule has 6 nitrogen and oxygen atoms in total. The van der Waals surface area contributed by atoms with Gasteiger partial charge in [-0.05, 0) is 54.5 Å². The smallest absolute Gasteiger partial charge is 0.202 e. The highest BCUT2D eigenvalue weighted by Crippen LogP contribution is 2.56. The van der Waals surface area contributed by atoms with Crippen molar-refractivity contribution in [1.82, 2.24) is 0 Å². The van der Waals surface area contributed by atoms with Crippen LogP contribution in [0.25, 0.3) is 11.1 Å². The highest BCUT2D eigenvalue weighted by molar-refractivity contribution is 6.17. The molecule has 0 spiro atoms. The number of phenolic OH excluding ortho intramolecular Hbond substituents is 1. The molecule has 2 aromatic rings. The Morgan fingerprint density at radius 2 is 1.74 bits per heavy atom. The quantitative estimate of drug-likeness (QED) is 0.516. The number of allylic oxidation sites excluding steroid dienone is 2. The molecule has 3 aliphatic rings. The maximum Gasteiger partial charge on any atom is 0.202 e. The van der Waals surface area contributed by atoms with Gasteiger partial charge in [-0.15, -0.1) is 0 Å². The molecule has 35 heavy (non-hydrogen) atoms. The zero-order chi connectivity index (χ0) is 25.4. The van der Waals surface area contributed by atoms with E-state index in [2.05, 4.69) is 6.58 Å². The van der Waals surface area contributed by atoms with Crippen LogP contribution in [0.3, 0.4) is 0 Å². The number of carbonyl (C=O) groups is 2. The summed E-state index contributed by atoms with van der Waals surface area (Å²) in [6.07, 6.45) is -1.12. The van der Waals surface area contributed by atoms with Gasteiger partial charge in [0.1, 0.15) is 11.5 Å². The average molecular weight is 473 g/mol. The number of Topliss-reactive ketones (excluding diaryl/α,β-unsaturated/α-hetero) is 2. The van der Waals surface area contributed by atoms with Gasteiger partial charge in [0.15, 0.2) is 11.4 Å². The van der Waals surface area contributed by atoms with Crippen molar-refractivity contribution in [3.8, 4) is 16.9 Å². The Morgan fingerprint density at radius 3 is 2.37 bits per heavy atom. The SMILES string of the molecule is C=C(C)C1=C(C)C[C@H]2[C@H](O)[C@@H]3C(=C(O)[C@@]2(O)C1=O)C(=O)c1c(O)ccc(-c2ccccc2)c1[C@H]3C. The standard InChI is InChI=1S/C29H28O6/c1-13(2)20-14(3)12-18-25(31)22-15(4)21-17(16-8-6-5-7-9-16)10-11-19(30)23(21)26(32)24(22)28(34)29(18,35)27(20)33/h5-11,15,18,22,25,30-31,34-35H,1,12H2,2-4H3/t15-,18+,22+,25+,29+/m1/s1. The number of carbonyl (C=O) groups excluding carboxylic acids is 2. The normalized spacial score (nSPS) is 30.1. The molecule has 2 aromatic carbocycles. The molecule has 180 valence electrons. The first kappa shape index (κ1) is 23.3. The highest BCUT2D eigenvalue weighted by Gasteiger charge is 2.63. The molecule has 0 fully saturated rings. The molecular weight excluding hydrogens is 444 g/mol. The number of ketones is 2. The molecule has 0 bridgehead atoms. The summed E-state index contributed by atoms with van der Waals surface area (Å²) < 4.78 is 0. The number of aromatic hydroxyl groups is 1. The van der Waals surface area contributed by atoms with Gasteiger partial charge >= 0.3 is 0 Å². The number of phenols is 1. The number of aliphatic hydroxyl groups excluding tert-OH is 2. The first-order valence-corrected chi connectivity index (χ1v) is 11.7. The van der Waals surface area contributed by atoms with Gasteiger partial charge in [0.05, 0.1) is 11.7 Å². The van der Waals surface area contributed by atoms with Crippen LogP contribution in [0, 0.1) is 11.8 Å². The van der Waals surface area contributed by atoms with Crippen molar-refractivity contribution in [3.05, 3.63) is 88.2 Å². The molecule has 0 saturated heterocycles. The molecule has 5 atom stereocenters. The van der Waals surface area contributed by atoms with Crippen LogP contribution >= 0.6 is 0 Å². The number of aliphatic hydroxyl groups is 3. The third kappa shape index (κ3) is 2.96. The van der Waals surface area contributed by atoms with Crippen LogP contribution in [0.4, 0.5) is 0 Å². The first-order chi connectivity index (χ1) is 16.5. The van der Waals surface area contributed by atoms with Crippen molar-refractivity contribution in [2.75, 3.05) is 0 Å². The molecule has 0 unspecified atom stereocenters. The van der Waals surface area contributed by atoms with E-state index in [0.29, 0.717) is 16.7 Å². The van der Waals surface area contributed by atoms with E-state index in [9.17, 15) is 30.0 Å². The average Bonchev–Trinajstić information content (AvgIpc) is 2.82. The van der Waals surface area contributed by atoms with Gasteiger partial charge in [-0.25, -0.2) is 0 Å². The van der Waals surface area contributed by atoms with Gasteiger partial charge in [0.25, 0.3) is 0 Å². The summed E-state index contributed by atoms with van der Waals surface area (Å²) in [6.45, 7) is 9.05. The topological polar surface area (TPSA) is 115 Å². The lowest BCUT2D eigenvalue weighted by molar-refractivity contribution is -0.151. The van der Waals surface area contributed by atoms with Crippen LogP contribution in [0.2, 0.25) is 0 Å². The van der Waals surface area contributed by atoms with Crippen molar-refractivity contribution in [1.29, 1.82) is 0 Å². The fraction of sp³-hybridized carbons (Fsp3) is 0.310. The summed E-state index contributed by atoms with van der Waals surface area (Å²) in [5, 5.41) is 45.3. The number of fused-ring (bicyclic) bond motifs is 3. The van der Waals surface area contributed by atoms with Crippen LogP contribution in [0.1, 0.15) is 49.0 Å². The highest BCUT2D eigenvalue weighted by atomic mass is 16.4. The second-order valence-corrected chi connectivity index (χ2v) is 10.0. The van der Waals surface area contributed by atoms with E-state index >= 15 is 0 Å². The molecule has 0 radical (unpaired) electrons. The van der Waals surface area contributed by atoms with Crippen LogP contribution in [0.15, 0.2) is 77.1 Å². The van der Waals surface area contributed by atoms with E-state index in [1.807, 2.05) is 37.3 Å². The van der Waals surface area contributed by atoms with E-state index in [1.54, 1.807) is 19.9 Å². The molecule has 6 heteroatoms. The Bertz CT molecular complexity index is 1370. The number of benzene rings is 2. The summed E-state index contributed by atoms with van der Waals surface area (Å²) >= 11 is 0. The fourth-order valence-electron chi connectivity index (χ4n) is 6.43. The van der Waals surface area contributed by atoms with Gasteiger partial charge in [-0.2, -0.15) is 0 Å². The van der Waals surface area contributed by atoms with E-state index in [0.717, 1.165) is 11.1 Å². The summed E-state index contributed by atoms with van der Waals surface area (Å²) in [7, 11) is 0. The largest absolute Gasteiger partial charge is 0.508 e. The Hall–Kier alpha value is -3.48. The minimum atomic E-state index is -2.45. The monoisotopic (exact) mass is 472 g/mol. The van der Waals surface area contributed by atoms with Gasteiger partial charge in [0.2, 0.25) is 5.78 Å². The van der Waals surface area contributed by atoms with Crippen LogP contribution < -0.4 is 0 Å². The minimum absolute atomic E-state index is 0.0148. The predicted octanol–water partition coefficient (Wildman–Crippen LogP) is 4.37. The molecule has 0 aromatic heterocycles. The number of hydrogen-bond donors (Lipinski definition) is 4. The third-order valence-corrected chi connectivity index (χ3v) is 7.99. The molecule has 5 rings (SSSR count). The van der Waals surface area contributed by atoms with Crippen molar-refractivity contribution in [2.24, 2.45) is 11.8 Å². The van der Waals surface area contributed by atoms with Crippen LogP contribution in [-0.4, -0.2) is 43.7 Å². The van der Waals surface area contributed by atoms with Crippen molar-refractivity contribution >= 4 is 11.6 Å². The van der Waals surface area contributed by atoms with E-state index in [4.69, 9.17) is 0 Å². The van der Waals surface area contributed by atoms with Crippen LogP contribution in [-0.2, 0) is 4.79 Å². The molecule has 0 amide bonds. The van der Waals surface area contributed by atoms with Crippen LogP contribution in [0.5, 0.6) is 5.75 Å². The van der Waals surface area contributed by atoms with Gasteiger partial charge in [-0.3, -0.25) is 9.59 Å². The van der Waals surface area contributed by atoms with E-state index in [1.165, 1.54) is 6.07 Å². The maximum absolute atomic E-state index is 13.8. The van der Waals surface area contributed by atoms with E-state index < -0.39 is 46.8 Å². The Labute approximate surface area is 203 Å².